The van der Waals surface area contributed by atoms with Crippen molar-refractivity contribution in [2.45, 2.75) is 19.4 Å². The Balaban J connectivity index is 3.62. The average Bonchev–Trinajstić information content (AvgIpc) is 2.01. The van der Waals surface area contributed by atoms with Gasteiger partial charge in [0.25, 0.3) is 0 Å². The lowest BCUT2D eigenvalue weighted by Gasteiger charge is -2.09. The molecule has 0 aliphatic rings. The first-order valence-corrected chi connectivity index (χ1v) is 5.34. The van der Waals surface area contributed by atoms with Gasteiger partial charge in [0.2, 0.25) is 0 Å². The second-order valence-electron chi connectivity index (χ2n) is 2.31. The number of carbonyl (C=O) groups excluding carboxylic acids is 1. The van der Waals surface area contributed by atoms with Crippen molar-refractivity contribution in [2.75, 3.05) is 13.3 Å². The van der Waals surface area contributed by atoms with Crippen LogP contribution >= 0.6 is 8.38 Å². The fourth-order valence-corrected chi connectivity index (χ4v) is 1.01. The van der Waals surface area contributed by atoms with Gasteiger partial charge in [-0.3, -0.25) is 4.79 Å². The largest absolute Gasteiger partial charge is 0.447 e. The normalized spacial score (nSPS) is 14.3. The van der Waals surface area contributed by atoms with Crippen molar-refractivity contribution in [2.24, 2.45) is 0 Å². The highest BCUT2D eigenvalue weighted by molar-refractivity contribution is 7.45. The highest BCUT2D eigenvalue weighted by Crippen LogP contribution is 2.25. The summed E-state index contributed by atoms with van der Waals surface area (Å²) in [6.45, 7) is 2.98. The smallest absolute Gasteiger partial charge is 0.303 e. The molecule has 13 heavy (non-hydrogen) atoms. The predicted octanol–water partition coefficient (Wildman–Crippen LogP) is 0.782. The van der Waals surface area contributed by atoms with E-state index in [1.165, 1.54) is 13.6 Å². The maximum Gasteiger partial charge on any atom is 0.303 e. The van der Waals surface area contributed by atoms with E-state index in [1.807, 2.05) is 6.07 Å². The van der Waals surface area contributed by atoms with Gasteiger partial charge in [0.05, 0.1) is 6.61 Å². The Labute approximate surface area is 78.2 Å². The van der Waals surface area contributed by atoms with Crippen LogP contribution in [0.3, 0.4) is 0 Å². The summed E-state index contributed by atoms with van der Waals surface area (Å²) in [6.07, 6.45) is -0.504. The van der Waals surface area contributed by atoms with Crippen LogP contribution in [-0.2, 0) is 14.1 Å². The molecule has 0 amide bonds. The van der Waals surface area contributed by atoms with Crippen LogP contribution in [0.25, 0.3) is 0 Å². The fourth-order valence-electron chi connectivity index (χ4n) is 0.642. The number of esters is 1. The van der Waals surface area contributed by atoms with Gasteiger partial charge in [-0.25, -0.2) is 0 Å². The Morgan fingerprint density at radius 1 is 1.77 bits per heavy atom. The molecule has 0 aromatic rings. The summed E-state index contributed by atoms with van der Waals surface area (Å²) >= 11 is 0. The van der Waals surface area contributed by atoms with Gasteiger partial charge >= 0.3 is 5.97 Å². The Hall–Kier alpha value is -0.690. The van der Waals surface area contributed by atoms with Crippen molar-refractivity contribution in [1.82, 2.24) is 0 Å². The second kappa shape index (κ2) is 6.79. The molecule has 0 rings (SSSR count). The molecular formula is C7H12NO4P. The molecule has 6 heteroatoms. The van der Waals surface area contributed by atoms with Crippen LogP contribution in [0, 0.1) is 11.3 Å². The second-order valence-corrected chi connectivity index (χ2v) is 3.50. The third-order valence-electron chi connectivity index (χ3n) is 1.11. The average molecular weight is 205 g/mol. The summed E-state index contributed by atoms with van der Waals surface area (Å²) in [5.74, 6) is -0.491. The molecule has 0 aliphatic carbocycles. The Kier molecular flexibility index (Phi) is 6.43. The molecule has 0 fully saturated rings. The van der Waals surface area contributed by atoms with Crippen LogP contribution in [0.5, 0.6) is 0 Å². The van der Waals surface area contributed by atoms with Crippen molar-refractivity contribution in [3.05, 3.63) is 0 Å². The zero-order valence-electron chi connectivity index (χ0n) is 7.56. The molecule has 74 valence electrons. The lowest BCUT2D eigenvalue weighted by Crippen LogP contribution is -2.15. The Morgan fingerprint density at radius 2 is 2.38 bits per heavy atom. The number of ether oxygens (including phenoxy) is 1. The molecule has 2 atom stereocenters. The molecule has 5 nitrogen and oxygen atoms in total. The summed E-state index contributed by atoms with van der Waals surface area (Å²) in [7, 11) is -1.41. The van der Waals surface area contributed by atoms with Crippen LogP contribution in [0.1, 0.15) is 13.3 Å². The lowest BCUT2D eigenvalue weighted by atomic mass is 10.3. The van der Waals surface area contributed by atoms with E-state index in [-0.39, 0.29) is 13.0 Å². The highest BCUT2D eigenvalue weighted by atomic mass is 31.2. The number of hydrogen-bond donors (Lipinski definition) is 1. The van der Waals surface area contributed by atoms with E-state index in [2.05, 4.69) is 4.74 Å². The minimum Gasteiger partial charge on any atom is -0.447 e. The number of nitrogens with zero attached hydrogens (tertiary/aromatic N) is 1. The number of carbonyl (C=O) groups is 1. The first-order valence-electron chi connectivity index (χ1n) is 3.68. The molecular weight excluding hydrogens is 193 g/mol. The monoisotopic (exact) mass is 205 g/mol. The van der Waals surface area contributed by atoms with Gasteiger partial charge in [-0.2, -0.15) is 5.26 Å². The molecule has 0 heterocycles. The van der Waals surface area contributed by atoms with E-state index < -0.39 is 20.4 Å². The molecule has 0 spiro atoms. The Bertz CT molecular complexity index is 201. The van der Waals surface area contributed by atoms with Crippen molar-refractivity contribution >= 4 is 14.3 Å². The molecule has 0 bridgehead atoms. The van der Waals surface area contributed by atoms with Gasteiger partial charge in [0.1, 0.15) is 6.07 Å². The van der Waals surface area contributed by atoms with Crippen molar-refractivity contribution in [3.8, 4) is 6.07 Å². The molecule has 1 N–H and O–H groups in total. The van der Waals surface area contributed by atoms with Gasteiger partial charge in [-0.15, -0.1) is 0 Å². The molecule has 0 aliphatic heterocycles. The highest BCUT2D eigenvalue weighted by Gasteiger charge is 2.10. The van der Waals surface area contributed by atoms with Crippen molar-refractivity contribution in [3.63, 3.8) is 0 Å². The molecule has 0 saturated heterocycles. The van der Waals surface area contributed by atoms with Gasteiger partial charge in [0.15, 0.2) is 14.5 Å². The summed E-state index contributed by atoms with van der Waals surface area (Å²) in [5.41, 5.74) is 0. The van der Waals surface area contributed by atoms with Gasteiger partial charge in [0, 0.05) is 20.0 Å². The summed E-state index contributed by atoms with van der Waals surface area (Å²) in [5, 5.41) is 8.50. The molecule has 0 aromatic heterocycles. The van der Waals surface area contributed by atoms with Crippen LogP contribution in [0.2, 0.25) is 0 Å². The molecule has 2 unspecified atom stereocenters. The lowest BCUT2D eigenvalue weighted by molar-refractivity contribution is -0.144. The zero-order chi connectivity index (χ0) is 10.3. The van der Waals surface area contributed by atoms with Crippen LogP contribution < -0.4 is 0 Å². The van der Waals surface area contributed by atoms with Crippen LogP contribution in [0.15, 0.2) is 0 Å². The predicted molar refractivity (Wildman–Crippen MR) is 46.8 cm³/mol. The summed E-state index contributed by atoms with van der Waals surface area (Å²) in [6, 6.07) is 1.81. The SMILES string of the molecule is CC(=O)OC(C#N)CCOP(C)O. The molecule has 0 saturated carbocycles. The Morgan fingerprint density at radius 3 is 2.77 bits per heavy atom. The van der Waals surface area contributed by atoms with E-state index in [9.17, 15) is 4.79 Å². The standard InChI is InChI=1S/C7H12NO4P/c1-6(9)12-7(5-8)3-4-11-13(2)10/h7,10H,3-4H2,1-2H3. The van der Waals surface area contributed by atoms with E-state index >= 15 is 0 Å². The van der Waals surface area contributed by atoms with Crippen LogP contribution in [-0.4, -0.2) is 30.2 Å². The first kappa shape index (κ1) is 12.3. The maximum absolute atomic E-state index is 10.5. The van der Waals surface area contributed by atoms with E-state index in [1.54, 1.807) is 0 Å². The van der Waals surface area contributed by atoms with Gasteiger partial charge < -0.3 is 14.2 Å². The van der Waals surface area contributed by atoms with Crippen molar-refractivity contribution < 1.29 is 18.9 Å². The van der Waals surface area contributed by atoms with E-state index in [0.717, 1.165) is 0 Å². The van der Waals surface area contributed by atoms with E-state index in [0.29, 0.717) is 0 Å². The third-order valence-corrected chi connectivity index (χ3v) is 1.67. The topological polar surface area (TPSA) is 79.6 Å². The van der Waals surface area contributed by atoms with E-state index in [4.69, 9.17) is 14.7 Å². The zero-order valence-corrected chi connectivity index (χ0v) is 8.45. The first-order chi connectivity index (χ1) is 6.06. The summed E-state index contributed by atoms with van der Waals surface area (Å²) in [4.78, 5) is 19.2. The van der Waals surface area contributed by atoms with Gasteiger partial charge in [-0.05, 0) is 0 Å². The quantitative estimate of drug-likeness (QED) is 0.530. The number of hydrogen-bond acceptors (Lipinski definition) is 5. The molecule has 0 aromatic carbocycles. The number of rotatable bonds is 5. The minimum atomic E-state index is -1.41. The molecule has 0 radical (unpaired) electrons. The minimum absolute atomic E-state index is 0.213. The number of nitriles is 1. The summed E-state index contributed by atoms with van der Waals surface area (Å²) < 4.78 is 9.46. The van der Waals surface area contributed by atoms with Gasteiger partial charge in [-0.1, -0.05) is 0 Å². The maximum atomic E-state index is 10.5. The van der Waals surface area contributed by atoms with Crippen molar-refractivity contribution in [1.29, 1.82) is 5.26 Å². The van der Waals surface area contributed by atoms with Crippen LogP contribution in [0.4, 0.5) is 0 Å². The fraction of sp³-hybridized carbons (Fsp3) is 0.714. The third kappa shape index (κ3) is 7.66.